The van der Waals surface area contributed by atoms with Crippen molar-refractivity contribution < 1.29 is 9.18 Å². The van der Waals surface area contributed by atoms with Gasteiger partial charge in [0.15, 0.2) is 0 Å². The summed E-state index contributed by atoms with van der Waals surface area (Å²) in [4.78, 5) is 11.6. The normalized spacial score (nSPS) is 11.9. The van der Waals surface area contributed by atoms with Gasteiger partial charge in [-0.15, -0.1) is 0 Å². The summed E-state index contributed by atoms with van der Waals surface area (Å²) in [5, 5.41) is 3.70. The molecule has 0 saturated heterocycles. The van der Waals surface area contributed by atoms with Gasteiger partial charge in [0.2, 0.25) is 5.91 Å². The van der Waals surface area contributed by atoms with Crippen molar-refractivity contribution in [2.75, 3.05) is 5.32 Å². The van der Waals surface area contributed by atoms with Crippen molar-refractivity contribution >= 4 is 34.8 Å². The molecule has 0 bridgehead atoms. The molecule has 1 amide bonds. The van der Waals surface area contributed by atoms with E-state index in [1.54, 1.807) is 12.1 Å². The molecule has 1 unspecified atom stereocenters. The Morgan fingerprint density at radius 3 is 2.35 bits per heavy atom. The Bertz CT molecular complexity index is 632. The molecular formula is C14H11Cl2FN2O. The Hall–Kier alpha value is -1.78. The van der Waals surface area contributed by atoms with Crippen molar-refractivity contribution in [2.45, 2.75) is 6.04 Å². The van der Waals surface area contributed by atoms with Crippen molar-refractivity contribution in [1.82, 2.24) is 0 Å². The fourth-order valence-electron chi connectivity index (χ4n) is 1.75. The monoisotopic (exact) mass is 312 g/mol. The molecule has 0 heterocycles. The number of carbonyl (C=O) groups excluding carboxylic acids is 1. The lowest BCUT2D eigenvalue weighted by atomic mass is 10.1. The predicted molar refractivity (Wildman–Crippen MR) is 78.4 cm³/mol. The molecular weight excluding hydrogens is 302 g/mol. The zero-order valence-electron chi connectivity index (χ0n) is 10.2. The van der Waals surface area contributed by atoms with Crippen LogP contribution in [0.5, 0.6) is 0 Å². The average Bonchev–Trinajstić information content (AvgIpc) is 2.39. The third-order valence-electron chi connectivity index (χ3n) is 2.71. The molecule has 0 aromatic heterocycles. The smallest absolute Gasteiger partial charge is 0.244 e. The summed E-state index contributed by atoms with van der Waals surface area (Å²) < 4.78 is 12.9. The average molecular weight is 313 g/mol. The highest BCUT2D eigenvalue weighted by Crippen LogP contribution is 2.28. The maximum Gasteiger partial charge on any atom is 0.244 e. The lowest BCUT2D eigenvalue weighted by molar-refractivity contribution is -0.118. The van der Waals surface area contributed by atoms with E-state index in [1.807, 2.05) is 0 Å². The van der Waals surface area contributed by atoms with Crippen molar-refractivity contribution in [1.29, 1.82) is 0 Å². The molecule has 0 aliphatic heterocycles. The van der Waals surface area contributed by atoms with Crippen LogP contribution in [-0.4, -0.2) is 5.91 Å². The molecule has 1 atom stereocenters. The highest BCUT2D eigenvalue weighted by atomic mass is 35.5. The fourth-order valence-corrected chi connectivity index (χ4v) is 2.27. The van der Waals surface area contributed by atoms with E-state index in [0.717, 1.165) is 0 Å². The molecule has 104 valence electrons. The molecule has 6 heteroatoms. The zero-order valence-corrected chi connectivity index (χ0v) is 11.8. The second kappa shape index (κ2) is 6.11. The minimum absolute atomic E-state index is 0.330. The first-order valence-corrected chi connectivity index (χ1v) is 6.49. The number of amides is 1. The molecule has 0 aliphatic carbocycles. The number of benzene rings is 2. The number of nitrogens with one attached hydrogen (secondary N) is 1. The second-order valence-corrected chi connectivity index (χ2v) is 5.00. The van der Waals surface area contributed by atoms with Gasteiger partial charge in [0.05, 0.1) is 0 Å². The van der Waals surface area contributed by atoms with Gasteiger partial charge in [-0.1, -0.05) is 29.3 Å². The molecule has 2 aromatic rings. The summed E-state index contributed by atoms with van der Waals surface area (Å²) in [5.74, 6) is -0.964. The lowest BCUT2D eigenvalue weighted by Crippen LogP contribution is -2.28. The molecule has 2 rings (SSSR count). The number of nitrogens with two attached hydrogens (primary N) is 1. The first kappa shape index (κ1) is 14.6. The summed E-state index contributed by atoms with van der Waals surface area (Å²) in [5.41, 5.74) is 6.45. The Balaban J connectivity index is 2.31. The summed E-state index contributed by atoms with van der Waals surface area (Å²) in [6.07, 6.45) is 0. The summed E-state index contributed by atoms with van der Waals surface area (Å²) in [7, 11) is 0. The van der Waals surface area contributed by atoms with Gasteiger partial charge in [-0.25, -0.2) is 4.39 Å². The predicted octanol–water partition coefficient (Wildman–Crippen LogP) is 3.77. The second-order valence-electron chi connectivity index (χ2n) is 4.15. The Morgan fingerprint density at radius 2 is 1.80 bits per heavy atom. The van der Waals surface area contributed by atoms with E-state index >= 15 is 0 Å². The van der Waals surface area contributed by atoms with Crippen LogP contribution in [-0.2, 0) is 4.79 Å². The van der Waals surface area contributed by atoms with E-state index in [0.29, 0.717) is 21.3 Å². The van der Waals surface area contributed by atoms with Crippen molar-refractivity contribution in [3.05, 3.63) is 63.9 Å². The number of rotatable bonds is 4. The minimum atomic E-state index is -0.828. The third-order valence-corrected chi connectivity index (χ3v) is 3.28. The van der Waals surface area contributed by atoms with Gasteiger partial charge >= 0.3 is 0 Å². The van der Waals surface area contributed by atoms with Crippen LogP contribution in [0.15, 0.2) is 42.5 Å². The van der Waals surface area contributed by atoms with E-state index in [9.17, 15) is 9.18 Å². The quantitative estimate of drug-likeness (QED) is 0.903. The van der Waals surface area contributed by atoms with Crippen molar-refractivity contribution in [3.8, 4) is 0 Å². The molecule has 0 aliphatic rings. The molecule has 0 fully saturated rings. The third kappa shape index (κ3) is 3.40. The summed E-state index contributed by atoms with van der Waals surface area (Å²) >= 11 is 11.9. The van der Waals surface area contributed by atoms with Gasteiger partial charge in [0.1, 0.15) is 11.9 Å². The van der Waals surface area contributed by atoms with Gasteiger partial charge in [-0.2, -0.15) is 0 Å². The van der Waals surface area contributed by atoms with Gasteiger partial charge in [0.25, 0.3) is 0 Å². The van der Waals surface area contributed by atoms with Crippen LogP contribution >= 0.6 is 23.2 Å². The Morgan fingerprint density at radius 1 is 1.15 bits per heavy atom. The number of anilines is 1. The number of primary amides is 1. The summed E-state index contributed by atoms with van der Waals surface area (Å²) in [6, 6.07) is 9.52. The van der Waals surface area contributed by atoms with Crippen LogP contribution in [0.2, 0.25) is 10.0 Å². The standard InChI is InChI=1S/C14H11Cl2FN2O/c15-8-1-6-11(12(16)7-8)13(14(18)20)19-10-4-2-9(17)3-5-10/h1-7,13,19H,(H2,18,20). The van der Waals surface area contributed by atoms with E-state index in [1.165, 1.54) is 30.3 Å². The molecule has 3 nitrogen and oxygen atoms in total. The molecule has 20 heavy (non-hydrogen) atoms. The molecule has 0 saturated carbocycles. The fraction of sp³-hybridized carbons (Fsp3) is 0.0714. The first-order chi connectivity index (χ1) is 9.47. The number of hydrogen-bond acceptors (Lipinski definition) is 2. The van der Waals surface area contributed by atoms with Crippen LogP contribution in [0, 0.1) is 5.82 Å². The maximum absolute atomic E-state index is 12.9. The number of halogens is 3. The first-order valence-electron chi connectivity index (χ1n) is 5.74. The lowest BCUT2D eigenvalue weighted by Gasteiger charge is -2.18. The van der Waals surface area contributed by atoms with E-state index in [4.69, 9.17) is 28.9 Å². The highest BCUT2D eigenvalue weighted by molar-refractivity contribution is 6.35. The summed E-state index contributed by atoms with van der Waals surface area (Å²) in [6.45, 7) is 0. The topological polar surface area (TPSA) is 55.1 Å². The van der Waals surface area contributed by atoms with Gasteiger partial charge in [-0.05, 0) is 36.4 Å². The Labute approximate surface area is 125 Å². The Kier molecular flexibility index (Phi) is 4.47. The van der Waals surface area contributed by atoms with Crippen LogP contribution < -0.4 is 11.1 Å². The van der Waals surface area contributed by atoms with Crippen molar-refractivity contribution in [2.24, 2.45) is 5.73 Å². The molecule has 0 radical (unpaired) electrons. The zero-order chi connectivity index (χ0) is 14.7. The SMILES string of the molecule is NC(=O)C(Nc1ccc(F)cc1)c1ccc(Cl)cc1Cl. The minimum Gasteiger partial charge on any atom is -0.370 e. The van der Waals surface area contributed by atoms with E-state index in [2.05, 4.69) is 5.32 Å². The van der Waals surface area contributed by atoms with Gasteiger partial charge < -0.3 is 11.1 Å². The van der Waals surface area contributed by atoms with Crippen LogP contribution in [0.4, 0.5) is 10.1 Å². The van der Waals surface area contributed by atoms with Gasteiger partial charge in [-0.3, -0.25) is 4.79 Å². The van der Waals surface area contributed by atoms with E-state index in [-0.39, 0.29) is 5.82 Å². The van der Waals surface area contributed by atoms with E-state index < -0.39 is 11.9 Å². The molecule has 0 spiro atoms. The van der Waals surface area contributed by atoms with Crippen LogP contribution in [0.25, 0.3) is 0 Å². The molecule has 3 N–H and O–H groups in total. The largest absolute Gasteiger partial charge is 0.370 e. The maximum atomic E-state index is 12.9. The van der Waals surface area contributed by atoms with Crippen LogP contribution in [0.1, 0.15) is 11.6 Å². The number of carbonyl (C=O) groups is 1. The molecule has 2 aromatic carbocycles. The van der Waals surface area contributed by atoms with Crippen LogP contribution in [0.3, 0.4) is 0 Å². The highest BCUT2D eigenvalue weighted by Gasteiger charge is 2.20. The number of hydrogen-bond donors (Lipinski definition) is 2. The van der Waals surface area contributed by atoms with Crippen molar-refractivity contribution in [3.63, 3.8) is 0 Å². The van der Waals surface area contributed by atoms with Gasteiger partial charge in [0, 0.05) is 21.3 Å².